The van der Waals surface area contributed by atoms with Gasteiger partial charge in [-0.3, -0.25) is 4.79 Å². The van der Waals surface area contributed by atoms with Gasteiger partial charge >= 0.3 is 0 Å². The van der Waals surface area contributed by atoms with Crippen LogP contribution in [-0.2, 0) is 4.79 Å². The van der Waals surface area contributed by atoms with Gasteiger partial charge in [0.05, 0.1) is 0 Å². The molecule has 0 aromatic rings. The van der Waals surface area contributed by atoms with Crippen molar-refractivity contribution in [2.45, 2.75) is 70.3 Å². The van der Waals surface area contributed by atoms with Gasteiger partial charge in [0.15, 0.2) is 0 Å². The van der Waals surface area contributed by atoms with E-state index in [1.54, 1.807) is 0 Å². The molecule has 0 aromatic carbocycles. The van der Waals surface area contributed by atoms with Crippen molar-refractivity contribution in [3.8, 4) is 0 Å². The molecule has 0 aliphatic heterocycles. The number of amides is 1. The third-order valence-corrected chi connectivity index (χ3v) is 4.73. The van der Waals surface area contributed by atoms with Crippen molar-refractivity contribution in [1.82, 2.24) is 5.32 Å². The molecule has 1 amide bonds. The monoisotopic (exact) mass is 252 g/mol. The minimum absolute atomic E-state index is 0.267. The predicted octanol–water partition coefficient (Wildman–Crippen LogP) is 2.59. The van der Waals surface area contributed by atoms with E-state index >= 15 is 0 Å². The largest absolute Gasteiger partial charge is 0.356 e. The molecule has 2 aliphatic rings. The third-order valence-electron chi connectivity index (χ3n) is 4.73. The van der Waals surface area contributed by atoms with Gasteiger partial charge in [0.25, 0.3) is 0 Å². The number of hydrogen-bond acceptors (Lipinski definition) is 2. The van der Waals surface area contributed by atoms with Crippen LogP contribution >= 0.6 is 0 Å². The maximum absolute atomic E-state index is 12.2. The molecule has 2 aliphatic carbocycles. The van der Waals surface area contributed by atoms with Crippen LogP contribution in [-0.4, -0.2) is 18.5 Å². The van der Waals surface area contributed by atoms with Gasteiger partial charge in [-0.2, -0.15) is 0 Å². The normalized spacial score (nSPS) is 30.7. The molecule has 0 heterocycles. The second kappa shape index (κ2) is 7.13. The molecule has 0 bridgehead atoms. The van der Waals surface area contributed by atoms with Crippen LogP contribution in [0.25, 0.3) is 0 Å². The molecular weight excluding hydrogens is 224 g/mol. The molecule has 18 heavy (non-hydrogen) atoms. The first kappa shape index (κ1) is 13.9. The van der Waals surface area contributed by atoms with Crippen molar-refractivity contribution < 1.29 is 4.79 Å². The first-order chi connectivity index (χ1) is 8.77. The second-order valence-corrected chi connectivity index (χ2v) is 6.14. The lowest BCUT2D eigenvalue weighted by Crippen LogP contribution is -2.38. The van der Waals surface area contributed by atoms with Crippen molar-refractivity contribution in [1.29, 1.82) is 0 Å². The van der Waals surface area contributed by atoms with Crippen molar-refractivity contribution in [2.75, 3.05) is 6.54 Å². The van der Waals surface area contributed by atoms with E-state index in [2.05, 4.69) is 5.32 Å². The van der Waals surface area contributed by atoms with Crippen molar-refractivity contribution in [3.63, 3.8) is 0 Å². The number of carbonyl (C=O) groups excluding carboxylic acids is 1. The van der Waals surface area contributed by atoms with Crippen LogP contribution in [0.1, 0.15) is 64.2 Å². The highest BCUT2D eigenvalue weighted by Gasteiger charge is 2.25. The zero-order valence-electron chi connectivity index (χ0n) is 11.5. The van der Waals surface area contributed by atoms with Gasteiger partial charge < -0.3 is 11.1 Å². The smallest absolute Gasteiger partial charge is 0.223 e. The summed E-state index contributed by atoms with van der Waals surface area (Å²) < 4.78 is 0. The fourth-order valence-corrected chi connectivity index (χ4v) is 3.41. The Labute approximate surface area is 111 Å². The minimum Gasteiger partial charge on any atom is -0.356 e. The lowest BCUT2D eigenvalue weighted by molar-refractivity contribution is -0.125. The first-order valence-corrected chi connectivity index (χ1v) is 7.80. The number of carbonyl (C=O) groups is 1. The van der Waals surface area contributed by atoms with E-state index in [4.69, 9.17) is 5.73 Å². The SMILES string of the molecule is NC1CCCC1CNC(=O)C1CCCCCCC1. The molecule has 0 aromatic heterocycles. The average molecular weight is 252 g/mol. The van der Waals surface area contributed by atoms with Crippen LogP contribution in [0.15, 0.2) is 0 Å². The van der Waals surface area contributed by atoms with E-state index in [0.29, 0.717) is 12.0 Å². The maximum Gasteiger partial charge on any atom is 0.223 e. The van der Waals surface area contributed by atoms with Gasteiger partial charge in [-0.15, -0.1) is 0 Å². The summed E-state index contributed by atoms with van der Waals surface area (Å²) in [4.78, 5) is 12.2. The van der Waals surface area contributed by atoms with Crippen molar-refractivity contribution >= 4 is 5.91 Å². The van der Waals surface area contributed by atoms with Crippen molar-refractivity contribution in [3.05, 3.63) is 0 Å². The summed E-state index contributed by atoms with van der Waals surface area (Å²) in [7, 11) is 0. The van der Waals surface area contributed by atoms with Gasteiger partial charge in [0.1, 0.15) is 0 Å². The number of nitrogens with one attached hydrogen (secondary N) is 1. The summed E-state index contributed by atoms with van der Waals surface area (Å²) in [5.41, 5.74) is 6.04. The Hall–Kier alpha value is -0.570. The molecule has 0 saturated heterocycles. The first-order valence-electron chi connectivity index (χ1n) is 7.80. The van der Waals surface area contributed by atoms with Crippen LogP contribution in [0.3, 0.4) is 0 Å². The quantitative estimate of drug-likeness (QED) is 0.811. The summed E-state index contributed by atoms with van der Waals surface area (Å²) in [6.45, 7) is 0.802. The van der Waals surface area contributed by atoms with Crippen LogP contribution < -0.4 is 11.1 Å². The molecule has 0 radical (unpaired) electrons. The van der Waals surface area contributed by atoms with Gasteiger partial charge in [0.2, 0.25) is 5.91 Å². The van der Waals surface area contributed by atoms with E-state index in [1.165, 1.54) is 44.9 Å². The highest BCUT2D eigenvalue weighted by Crippen LogP contribution is 2.25. The lowest BCUT2D eigenvalue weighted by atomic mass is 9.90. The van der Waals surface area contributed by atoms with Gasteiger partial charge in [-0.25, -0.2) is 0 Å². The van der Waals surface area contributed by atoms with Crippen LogP contribution in [0.2, 0.25) is 0 Å². The zero-order valence-corrected chi connectivity index (χ0v) is 11.5. The Morgan fingerprint density at radius 3 is 2.22 bits per heavy atom. The Kier molecular flexibility index (Phi) is 5.48. The standard InChI is InChI=1S/C15H28N2O/c16-14-10-6-9-13(14)11-17-15(18)12-7-4-2-1-3-5-8-12/h12-14H,1-11,16H2,(H,17,18). The van der Waals surface area contributed by atoms with Crippen LogP contribution in [0, 0.1) is 11.8 Å². The summed E-state index contributed by atoms with van der Waals surface area (Å²) in [5.74, 6) is 1.07. The summed E-state index contributed by atoms with van der Waals surface area (Å²) in [6, 6.07) is 0.308. The van der Waals surface area contributed by atoms with Gasteiger partial charge in [-0.05, 0) is 31.6 Å². The average Bonchev–Trinajstić information content (AvgIpc) is 2.71. The molecule has 2 unspecified atom stereocenters. The van der Waals surface area contributed by atoms with Crippen molar-refractivity contribution in [2.24, 2.45) is 17.6 Å². The molecule has 3 nitrogen and oxygen atoms in total. The van der Waals surface area contributed by atoms with E-state index in [0.717, 1.165) is 25.8 Å². The molecule has 2 rings (SSSR count). The molecule has 0 spiro atoms. The third kappa shape index (κ3) is 3.98. The maximum atomic E-state index is 12.2. The Bertz CT molecular complexity index is 259. The fraction of sp³-hybridized carbons (Fsp3) is 0.933. The molecule has 2 fully saturated rings. The molecule has 104 valence electrons. The summed E-state index contributed by atoms with van der Waals surface area (Å²) >= 11 is 0. The molecule has 3 heteroatoms. The summed E-state index contributed by atoms with van der Waals surface area (Å²) in [6.07, 6.45) is 12.1. The molecule has 2 saturated carbocycles. The minimum atomic E-state index is 0.267. The highest BCUT2D eigenvalue weighted by molar-refractivity contribution is 5.78. The van der Waals surface area contributed by atoms with E-state index in [9.17, 15) is 4.79 Å². The number of nitrogens with two attached hydrogens (primary N) is 1. The topological polar surface area (TPSA) is 55.1 Å². The highest BCUT2D eigenvalue weighted by atomic mass is 16.1. The zero-order chi connectivity index (χ0) is 12.8. The summed E-state index contributed by atoms with van der Waals surface area (Å²) in [5, 5.41) is 3.15. The van der Waals surface area contributed by atoms with Gasteiger partial charge in [-0.1, -0.05) is 38.5 Å². The molecular formula is C15H28N2O. The predicted molar refractivity (Wildman–Crippen MR) is 74.1 cm³/mol. The fourth-order valence-electron chi connectivity index (χ4n) is 3.41. The van der Waals surface area contributed by atoms with Crippen LogP contribution in [0.5, 0.6) is 0 Å². The number of hydrogen-bond donors (Lipinski definition) is 2. The number of rotatable bonds is 3. The Morgan fingerprint density at radius 1 is 0.944 bits per heavy atom. The molecule has 3 N–H and O–H groups in total. The Morgan fingerprint density at radius 2 is 1.61 bits per heavy atom. The van der Waals surface area contributed by atoms with Gasteiger partial charge in [0, 0.05) is 18.5 Å². The van der Waals surface area contributed by atoms with E-state index in [1.807, 2.05) is 0 Å². The van der Waals surface area contributed by atoms with E-state index in [-0.39, 0.29) is 11.8 Å². The lowest BCUT2D eigenvalue weighted by Gasteiger charge is -2.21. The molecule has 2 atom stereocenters. The van der Waals surface area contributed by atoms with E-state index < -0.39 is 0 Å². The Balaban J connectivity index is 1.72. The second-order valence-electron chi connectivity index (χ2n) is 6.14. The van der Waals surface area contributed by atoms with Crippen LogP contribution in [0.4, 0.5) is 0 Å².